The lowest BCUT2D eigenvalue weighted by Gasteiger charge is -2.24. The zero-order valence-electron chi connectivity index (χ0n) is 39.0. The van der Waals surface area contributed by atoms with E-state index in [0.29, 0.717) is 39.4 Å². The summed E-state index contributed by atoms with van der Waals surface area (Å²) >= 11 is 0. The highest BCUT2D eigenvalue weighted by Crippen LogP contribution is 2.17. The molecule has 2 N–H and O–H groups in total. The smallest absolute Gasteiger partial charge is 0.408 e. The fourth-order valence-corrected chi connectivity index (χ4v) is 7.31. The second-order valence-electron chi connectivity index (χ2n) is 17.9. The molecule has 0 saturated carbocycles. The van der Waals surface area contributed by atoms with Crippen molar-refractivity contribution in [2.75, 3.05) is 26.4 Å². The van der Waals surface area contributed by atoms with E-state index in [2.05, 4.69) is 24.5 Å². The minimum atomic E-state index is -0.838. The molecule has 1 unspecified atom stereocenters. The molecule has 0 aliphatic rings. The van der Waals surface area contributed by atoms with Crippen LogP contribution in [0.25, 0.3) is 0 Å². The minimum absolute atomic E-state index is 0.276. The van der Waals surface area contributed by atoms with E-state index in [4.69, 9.17) is 18.9 Å². The summed E-state index contributed by atoms with van der Waals surface area (Å²) in [5.41, 5.74) is 1.29. The molecule has 8 heteroatoms. The summed E-state index contributed by atoms with van der Waals surface area (Å²) in [5.74, 6) is 0.450. The first-order valence-electron chi connectivity index (χ1n) is 24.4. The summed E-state index contributed by atoms with van der Waals surface area (Å²) < 4.78 is 24.0. The van der Waals surface area contributed by atoms with Gasteiger partial charge in [0.05, 0.1) is 12.7 Å². The number of alkyl carbamates (subject to hydrolysis) is 1. The maximum Gasteiger partial charge on any atom is 0.408 e. The minimum Gasteiger partial charge on any atom is -0.489 e. The number of hydrogen-bond donors (Lipinski definition) is 2. The fraction of sp³-hybridized carbons (Fsp3) is 0.731. The van der Waals surface area contributed by atoms with Crippen molar-refractivity contribution in [3.8, 4) is 5.75 Å². The third-order valence-electron chi connectivity index (χ3n) is 10.9. The molecule has 0 radical (unpaired) electrons. The highest BCUT2D eigenvalue weighted by atomic mass is 16.6. The van der Waals surface area contributed by atoms with Gasteiger partial charge in [0.2, 0.25) is 5.91 Å². The molecule has 0 saturated heterocycles. The predicted octanol–water partition coefficient (Wildman–Crippen LogP) is 13.6. The van der Waals surface area contributed by atoms with Crippen LogP contribution >= 0.6 is 0 Å². The van der Waals surface area contributed by atoms with Crippen LogP contribution in [0.1, 0.15) is 200 Å². The Bertz CT molecular complexity index is 1300. The molecule has 2 rings (SSSR count). The van der Waals surface area contributed by atoms with Gasteiger partial charge in [-0.2, -0.15) is 0 Å². The molecule has 8 nitrogen and oxygen atoms in total. The van der Waals surface area contributed by atoms with E-state index >= 15 is 0 Å². The van der Waals surface area contributed by atoms with Crippen molar-refractivity contribution in [1.82, 2.24) is 10.6 Å². The number of rotatable bonds is 38. The molecule has 0 aromatic heterocycles. The van der Waals surface area contributed by atoms with Gasteiger partial charge >= 0.3 is 6.09 Å². The van der Waals surface area contributed by atoms with E-state index in [1.807, 2.05) is 75.4 Å². The average molecular weight is 837 g/mol. The van der Waals surface area contributed by atoms with Gasteiger partial charge in [0.15, 0.2) is 0 Å². The van der Waals surface area contributed by atoms with Crippen molar-refractivity contribution in [2.45, 2.75) is 219 Å². The maximum atomic E-state index is 13.8. The van der Waals surface area contributed by atoms with Gasteiger partial charge in [0.25, 0.3) is 0 Å². The van der Waals surface area contributed by atoms with Crippen molar-refractivity contribution < 1.29 is 28.5 Å². The maximum absolute atomic E-state index is 13.8. The first-order valence-corrected chi connectivity index (χ1v) is 24.4. The first-order chi connectivity index (χ1) is 29.2. The van der Waals surface area contributed by atoms with Crippen LogP contribution in [0.4, 0.5) is 4.79 Å². The Balaban J connectivity index is 1.87. The molecule has 0 fully saturated rings. The molecular formula is C52H88N2O6. The lowest BCUT2D eigenvalue weighted by Crippen LogP contribution is -2.51. The van der Waals surface area contributed by atoms with Gasteiger partial charge in [-0.1, -0.05) is 198 Å². The van der Waals surface area contributed by atoms with E-state index in [-0.39, 0.29) is 12.0 Å². The van der Waals surface area contributed by atoms with Gasteiger partial charge in [0.1, 0.15) is 24.0 Å². The Morgan fingerprint density at radius 3 is 1.57 bits per heavy atom. The van der Waals surface area contributed by atoms with Crippen LogP contribution in [0.15, 0.2) is 54.6 Å². The van der Waals surface area contributed by atoms with Crippen LogP contribution in [0, 0.1) is 0 Å². The van der Waals surface area contributed by atoms with E-state index in [0.717, 1.165) is 36.1 Å². The molecule has 0 spiro atoms. The molecule has 0 bridgehead atoms. The quantitative estimate of drug-likeness (QED) is 0.0654. The second kappa shape index (κ2) is 35.5. The second-order valence-corrected chi connectivity index (χ2v) is 17.9. The topological polar surface area (TPSA) is 95.1 Å². The van der Waals surface area contributed by atoms with Crippen molar-refractivity contribution >= 4 is 12.0 Å². The van der Waals surface area contributed by atoms with E-state index < -0.39 is 17.7 Å². The molecule has 2 atom stereocenters. The van der Waals surface area contributed by atoms with Crippen molar-refractivity contribution in [3.05, 3.63) is 65.7 Å². The average Bonchev–Trinajstić information content (AvgIpc) is 3.23. The van der Waals surface area contributed by atoms with Crippen LogP contribution in [0.5, 0.6) is 5.75 Å². The highest BCUT2D eigenvalue weighted by Gasteiger charge is 2.25. The summed E-state index contributed by atoms with van der Waals surface area (Å²) in [6.45, 7) is 12.5. The first kappa shape index (κ1) is 53.0. The molecule has 2 aromatic rings. The molecule has 60 heavy (non-hydrogen) atoms. The summed E-state index contributed by atoms with van der Waals surface area (Å²) in [6.07, 6.45) is 30.6. The number of nitrogens with one attached hydrogen (secondary N) is 2. The molecule has 2 aromatic carbocycles. The zero-order chi connectivity index (χ0) is 43.4. The monoisotopic (exact) mass is 837 g/mol. The van der Waals surface area contributed by atoms with Crippen LogP contribution < -0.4 is 15.4 Å². The lowest BCUT2D eigenvalue weighted by molar-refractivity contribution is -0.124. The Kier molecular flexibility index (Phi) is 31.4. The van der Waals surface area contributed by atoms with Gasteiger partial charge in [-0.05, 0) is 56.9 Å². The number of unbranched alkanes of at least 4 members (excludes halogenated alkanes) is 22. The van der Waals surface area contributed by atoms with Crippen molar-refractivity contribution in [3.63, 3.8) is 0 Å². The molecular weight excluding hydrogens is 749 g/mol. The number of benzene rings is 2. The van der Waals surface area contributed by atoms with Gasteiger partial charge in [-0.3, -0.25) is 4.79 Å². The third-order valence-corrected chi connectivity index (χ3v) is 10.9. The van der Waals surface area contributed by atoms with E-state index in [1.165, 1.54) is 135 Å². The third kappa shape index (κ3) is 30.0. The molecule has 0 aliphatic heterocycles. The number of amides is 2. The van der Waals surface area contributed by atoms with Gasteiger partial charge in [-0.25, -0.2) is 4.79 Å². The van der Waals surface area contributed by atoms with Crippen LogP contribution in [0.2, 0.25) is 0 Å². The standard InChI is InChI=1S/C52H88N2O6/c1-6-8-10-12-14-16-18-20-22-24-26-31-39-57-44-48(58-40-32-27-25-23-21-19-17-15-13-11-9-7-2)42-53-50(55)49(54-51(56)60-52(3,4)5)41-45-35-37-47(38-36-45)59-43-46-33-29-28-30-34-46/h28-30,33-38,48-49H,6-27,31-32,39-44H2,1-5H3,(H,53,55)(H,54,56)/t48?,49-/m0/s1. The van der Waals surface area contributed by atoms with Crippen LogP contribution in [-0.2, 0) is 32.0 Å². The van der Waals surface area contributed by atoms with Crippen molar-refractivity contribution in [2.24, 2.45) is 0 Å². The Morgan fingerprint density at radius 2 is 1.07 bits per heavy atom. The Morgan fingerprint density at radius 1 is 0.583 bits per heavy atom. The molecule has 0 heterocycles. The summed E-state index contributed by atoms with van der Waals surface area (Å²) in [4.78, 5) is 26.7. The predicted molar refractivity (Wildman–Crippen MR) is 250 cm³/mol. The normalized spacial score (nSPS) is 12.6. The van der Waals surface area contributed by atoms with Gasteiger partial charge in [-0.15, -0.1) is 0 Å². The largest absolute Gasteiger partial charge is 0.489 e. The van der Waals surface area contributed by atoms with Gasteiger partial charge in [0, 0.05) is 26.2 Å². The zero-order valence-corrected chi connectivity index (χ0v) is 39.0. The van der Waals surface area contributed by atoms with Crippen LogP contribution in [0.3, 0.4) is 0 Å². The number of carbonyl (C=O) groups excluding carboxylic acids is 2. The number of carbonyl (C=O) groups is 2. The molecule has 342 valence electrons. The summed E-state index contributed by atoms with van der Waals surface area (Å²) in [5, 5.41) is 5.90. The molecule has 2 amide bonds. The number of hydrogen-bond acceptors (Lipinski definition) is 6. The van der Waals surface area contributed by atoms with E-state index in [9.17, 15) is 9.59 Å². The Hall–Kier alpha value is -3.10. The summed E-state index contributed by atoms with van der Waals surface area (Å²) in [7, 11) is 0. The fourth-order valence-electron chi connectivity index (χ4n) is 7.31. The Labute approximate surface area is 367 Å². The number of ether oxygens (including phenoxy) is 4. The summed E-state index contributed by atoms with van der Waals surface area (Å²) in [6, 6.07) is 16.8. The van der Waals surface area contributed by atoms with Gasteiger partial charge < -0.3 is 29.6 Å². The van der Waals surface area contributed by atoms with Crippen molar-refractivity contribution in [1.29, 1.82) is 0 Å². The highest BCUT2D eigenvalue weighted by molar-refractivity contribution is 5.86. The lowest BCUT2D eigenvalue weighted by atomic mass is 10.0. The molecule has 0 aliphatic carbocycles. The van der Waals surface area contributed by atoms with E-state index in [1.54, 1.807) is 0 Å². The SMILES string of the molecule is CCCCCCCCCCCCCCOCC(CNC(=O)[C@H](Cc1ccc(OCc2ccccc2)cc1)NC(=O)OC(C)(C)C)OCCCCCCCCCCCCCC. The van der Waals surface area contributed by atoms with Crippen LogP contribution in [-0.4, -0.2) is 56.1 Å².